The van der Waals surface area contributed by atoms with Crippen LogP contribution >= 0.6 is 0 Å². The summed E-state index contributed by atoms with van der Waals surface area (Å²) in [5.74, 6) is -2.27. The number of aliphatic carboxylic acids is 1. The van der Waals surface area contributed by atoms with Crippen molar-refractivity contribution in [2.45, 2.75) is 57.3 Å². The fourth-order valence-electron chi connectivity index (χ4n) is 2.03. The highest BCUT2D eigenvalue weighted by molar-refractivity contribution is 5.67. The molecular weight excluding hydrogens is 284 g/mol. The molecule has 0 aromatic rings. The van der Waals surface area contributed by atoms with E-state index >= 15 is 0 Å². The average Bonchev–Trinajstić information content (AvgIpc) is 2.39. The van der Waals surface area contributed by atoms with Gasteiger partial charge in [-0.1, -0.05) is 19.8 Å². The number of unbranched alkanes of at least 4 members (excludes halogenated alkanes) is 2. The first-order valence-electron chi connectivity index (χ1n) is 6.88. The Bertz CT molecular complexity index is 265. The zero-order chi connectivity index (χ0) is 16.1. The molecule has 0 aliphatic carbocycles. The van der Waals surface area contributed by atoms with E-state index in [4.69, 9.17) is 29.5 Å². The second-order valence-electron chi connectivity index (χ2n) is 4.55. The van der Waals surface area contributed by atoms with E-state index in [9.17, 15) is 4.79 Å². The number of carbonyl (C=O) groups is 1. The third-order valence-corrected chi connectivity index (χ3v) is 2.80. The van der Waals surface area contributed by atoms with Crippen LogP contribution in [0.5, 0.6) is 0 Å². The maximum atomic E-state index is 10.9. The zero-order valence-corrected chi connectivity index (χ0v) is 13.1. The quantitative estimate of drug-likeness (QED) is 0.226. The SMILES string of the molecule is CCCCCC(CC(CC(=O)O)OOC)(OOC)OOC. The molecule has 21 heavy (non-hydrogen) atoms. The van der Waals surface area contributed by atoms with Crippen LogP contribution < -0.4 is 0 Å². The van der Waals surface area contributed by atoms with Gasteiger partial charge in [0.1, 0.15) is 6.10 Å². The first-order chi connectivity index (χ1) is 10.0. The van der Waals surface area contributed by atoms with Crippen molar-refractivity contribution in [3.8, 4) is 0 Å². The molecule has 0 amide bonds. The van der Waals surface area contributed by atoms with E-state index in [1.54, 1.807) is 0 Å². The Morgan fingerprint density at radius 1 is 1.10 bits per heavy atom. The fraction of sp³-hybridized carbons (Fsp3) is 0.923. The summed E-state index contributed by atoms with van der Waals surface area (Å²) >= 11 is 0. The summed E-state index contributed by atoms with van der Waals surface area (Å²) in [5.41, 5.74) is 0. The van der Waals surface area contributed by atoms with Crippen molar-refractivity contribution < 1.29 is 39.2 Å². The molecule has 0 fully saturated rings. The molecule has 0 bridgehead atoms. The van der Waals surface area contributed by atoms with E-state index in [0.717, 1.165) is 19.3 Å². The Labute approximate surface area is 125 Å². The minimum absolute atomic E-state index is 0.0819. The summed E-state index contributed by atoms with van der Waals surface area (Å²) in [6.45, 7) is 2.07. The normalized spacial score (nSPS) is 13.3. The number of hydrogen-bond acceptors (Lipinski definition) is 7. The molecule has 1 atom stereocenters. The van der Waals surface area contributed by atoms with Gasteiger partial charge in [-0.3, -0.25) is 4.79 Å². The van der Waals surface area contributed by atoms with E-state index in [-0.39, 0.29) is 12.8 Å². The summed E-state index contributed by atoms with van der Waals surface area (Å²) in [6.07, 6.45) is 2.31. The lowest BCUT2D eigenvalue weighted by molar-refractivity contribution is -0.508. The van der Waals surface area contributed by atoms with Gasteiger partial charge >= 0.3 is 5.97 Å². The highest BCUT2D eigenvalue weighted by atomic mass is 17.3. The maximum Gasteiger partial charge on any atom is 0.306 e. The summed E-state index contributed by atoms with van der Waals surface area (Å²) in [4.78, 5) is 40.2. The molecule has 0 aliphatic rings. The van der Waals surface area contributed by atoms with Gasteiger partial charge in [-0.05, 0) is 6.42 Å². The Morgan fingerprint density at radius 3 is 2.14 bits per heavy atom. The molecule has 0 aromatic carbocycles. The van der Waals surface area contributed by atoms with E-state index < -0.39 is 17.9 Å². The van der Waals surface area contributed by atoms with Gasteiger partial charge < -0.3 is 5.11 Å². The van der Waals surface area contributed by atoms with Gasteiger partial charge in [-0.15, -0.1) is 0 Å². The number of carboxylic acid groups (broad SMARTS) is 1. The monoisotopic (exact) mass is 310 g/mol. The Kier molecular flexibility index (Phi) is 11.4. The number of rotatable bonds is 14. The fourth-order valence-corrected chi connectivity index (χ4v) is 2.03. The summed E-state index contributed by atoms with van der Waals surface area (Å²) in [6, 6.07) is 0. The third kappa shape index (κ3) is 8.97. The second kappa shape index (κ2) is 11.8. The lowest BCUT2D eigenvalue weighted by Crippen LogP contribution is -2.40. The van der Waals surface area contributed by atoms with Crippen LogP contribution in [0.2, 0.25) is 0 Å². The van der Waals surface area contributed by atoms with E-state index in [1.165, 1.54) is 21.3 Å². The van der Waals surface area contributed by atoms with Crippen molar-refractivity contribution in [2.24, 2.45) is 0 Å². The van der Waals surface area contributed by atoms with Gasteiger partial charge in [-0.2, -0.15) is 9.78 Å². The lowest BCUT2D eigenvalue weighted by atomic mass is 9.99. The van der Waals surface area contributed by atoms with Crippen LogP contribution in [0.15, 0.2) is 0 Å². The predicted octanol–water partition coefficient (Wildman–Crippen LogP) is 2.23. The van der Waals surface area contributed by atoms with Gasteiger partial charge in [0, 0.05) is 12.8 Å². The standard InChI is InChI=1S/C13H26O8/c1-5-6-7-8-13(20-17-3,21-18-4)10-11(19-16-2)9-12(14)15/h11H,5-10H2,1-4H3,(H,14,15). The van der Waals surface area contributed by atoms with Crippen LogP contribution in [0.25, 0.3) is 0 Å². The Balaban J connectivity index is 4.88. The van der Waals surface area contributed by atoms with Crippen LogP contribution in [-0.4, -0.2) is 44.3 Å². The molecule has 0 aromatic heterocycles. The Hall–Kier alpha value is -0.770. The van der Waals surface area contributed by atoms with Crippen molar-refractivity contribution in [3.05, 3.63) is 0 Å². The van der Waals surface area contributed by atoms with Gasteiger partial charge in [0.05, 0.1) is 27.8 Å². The van der Waals surface area contributed by atoms with E-state index in [2.05, 4.69) is 11.8 Å². The molecular formula is C13H26O8. The van der Waals surface area contributed by atoms with Crippen molar-refractivity contribution in [1.29, 1.82) is 0 Å². The minimum atomic E-state index is -1.25. The van der Waals surface area contributed by atoms with E-state index in [1.807, 2.05) is 0 Å². The molecule has 0 heterocycles. The summed E-state index contributed by atoms with van der Waals surface area (Å²) in [5, 5.41) is 8.90. The van der Waals surface area contributed by atoms with Gasteiger partial charge in [0.2, 0.25) is 5.79 Å². The highest BCUT2D eigenvalue weighted by Gasteiger charge is 2.39. The molecule has 0 rings (SSSR count). The molecule has 8 heteroatoms. The Morgan fingerprint density at radius 2 is 1.71 bits per heavy atom. The van der Waals surface area contributed by atoms with Crippen molar-refractivity contribution >= 4 is 5.97 Å². The van der Waals surface area contributed by atoms with Crippen LogP contribution in [0.1, 0.15) is 45.4 Å². The third-order valence-electron chi connectivity index (χ3n) is 2.80. The molecule has 0 saturated heterocycles. The number of hydrogen-bond donors (Lipinski definition) is 1. The van der Waals surface area contributed by atoms with Crippen LogP contribution in [-0.2, 0) is 34.1 Å². The van der Waals surface area contributed by atoms with E-state index in [0.29, 0.717) is 6.42 Å². The van der Waals surface area contributed by atoms with Crippen molar-refractivity contribution in [2.75, 3.05) is 21.3 Å². The molecule has 8 nitrogen and oxygen atoms in total. The molecule has 0 aliphatic heterocycles. The molecule has 0 spiro atoms. The summed E-state index contributed by atoms with van der Waals surface area (Å²) < 4.78 is 0. The highest BCUT2D eigenvalue weighted by Crippen LogP contribution is 2.29. The van der Waals surface area contributed by atoms with Crippen molar-refractivity contribution in [3.63, 3.8) is 0 Å². The molecule has 0 saturated carbocycles. The van der Waals surface area contributed by atoms with Crippen LogP contribution in [0.3, 0.4) is 0 Å². The molecule has 1 N–H and O–H groups in total. The molecule has 1 unspecified atom stereocenters. The minimum Gasteiger partial charge on any atom is -0.481 e. The largest absolute Gasteiger partial charge is 0.481 e. The van der Waals surface area contributed by atoms with Gasteiger partial charge in [0.15, 0.2) is 0 Å². The van der Waals surface area contributed by atoms with Gasteiger partial charge in [0.25, 0.3) is 0 Å². The predicted molar refractivity (Wildman–Crippen MR) is 71.8 cm³/mol. The topological polar surface area (TPSA) is 92.7 Å². The second-order valence-corrected chi connectivity index (χ2v) is 4.55. The maximum absolute atomic E-state index is 10.9. The average molecular weight is 310 g/mol. The first kappa shape index (κ1) is 20.2. The van der Waals surface area contributed by atoms with Crippen LogP contribution in [0, 0.1) is 0 Å². The zero-order valence-electron chi connectivity index (χ0n) is 13.1. The van der Waals surface area contributed by atoms with Crippen LogP contribution in [0.4, 0.5) is 0 Å². The first-order valence-corrected chi connectivity index (χ1v) is 6.88. The van der Waals surface area contributed by atoms with Crippen molar-refractivity contribution in [1.82, 2.24) is 0 Å². The van der Waals surface area contributed by atoms with Gasteiger partial charge in [-0.25, -0.2) is 19.6 Å². The number of carboxylic acids is 1. The summed E-state index contributed by atoms with van der Waals surface area (Å²) in [7, 11) is 4.00. The smallest absolute Gasteiger partial charge is 0.306 e. The molecule has 126 valence electrons. The molecule has 0 radical (unpaired) electrons. The lowest BCUT2D eigenvalue weighted by Gasteiger charge is -2.31.